The van der Waals surface area contributed by atoms with Gasteiger partial charge in [0.05, 0.1) is 5.56 Å². The van der Waals surface area contributed by atoms with E-state index in [2.05, 4.69) is 15.5 Å². The summed E-state index contributed by atoms with van der Waals surface area (Å²) in [5.41, 5.74) is -0.266. The zero-order valence-corrected chi connectivity index (χ0v) is 13.4. The van der Waals surface area contributed by atoms with Gasteiger partial charge in [-0.15, -0.1) is 10.2 Å². The largest absolute Gasteiger partial charge is 0.416 e. The number of carbonyl (C=O) groups excluding carboxylic acids is 1. The smallest absolute Gasteiger partial charge is 0.339 e. The van der Waals surface area contributed by atoms with Crippen LogP contribution in [0.1, 0.15) is 35.3 Å². The molecule has 1 aromatic heterocycles. The Kier molecular flexibility index (Phi) is 4.87. The number of alkyl halides is 3. The van der Waals surface area contributed by atoms with Crippen molar-refractivity contribution in [1.82, 2.24) is 15.1 Å². The van der Waals surface area contributed by atoms with Crippen LogP contribution in [0.25, 0.3) is 0 Å². The fourth-order valence-corrected chi connectivity index (χ4v) is 2.69. The second-order valence-electron chi connectivity index (χ2n) is 5.86. The zero-order chi connectivity index (χ0) is 17.9. The van der Waals surface area contributed by atoms with E-state index in [1.165, 1.54) is 24.3 Å². The summed E-state index contributed by atoms with van der Waals surface area (Å²) in [6.07, 6.45) is -1.33. The number of nitrogens with zero attached hydrogens (tertiary/aromatic N) is 3. The lowest BCUT2D eigenvalue weighted by Crippen LogP contribution is -2.36. The Hall–Kier alpha value is -2.64. The van der Waals surface area contributed by atoms with Crippen LogP contribution < -0.4 is 5.32 Å². The lowest BCUT2D eigenvalue weighted by Gasteiger charge is -2.26. The number of carbonyl (C=O) groups is 1. The maximum atomic E-state index is 12.7. The molecule has 0 saturated carbocycles. The predicted octanol–water partition coefficient (Wildman–Crippen LogP) is 3.87. The number of piperidine rings is 1. The second kappa shape index (κ2) is 7.08. The van der Waals surface area contributed by atoms with Gasteiger partial charge >= 0.3 is 6.18 Å². The van der Waals surface area contributed by atoms with Crippen LogP contribution in [0.4, 0.5) is 24.7 Å². The summed E-state index contributed by atoms with van der Waals surface area (Å²) in [5.74, 6) is 0.104. The highest BCUT2D eigenvalue weighted by molar-refractivity contribution is 5.92. The molecule has 25 heavy (non-hydrogen) atoms. The number of amides is 1. The van der Waals surface area contributed by atoms with Crippen LogP contribution in [0.2, 0.25) is 0 Å². The summed E-state index contributed by atoms with van der Waals surface area (Å²) in [6, 6.07) is 7.87. The minimum absolute atomic E-state index is 0.169. The average molecular weight is 350 g/mol. The number of aromatic nitrogens is 2. The molecule has 1 N–H and O–H groups in total. The van der Waals surface area contributed by atoms with E-state index in [0.717, 1.165) is 31.4 Å². The van der Waals surface area contributed by atoms with Crippen LogP contribution in [0.5, 0.6) is 0 Å². The monoisotopic (exact) mass is 350 g/mol. The third-order valence-corrected chi connectivity index (χ3v) is 3.99. The lowest BCUT2D eigenvalue weighted by atomic mass is 10.1. The van der Waals surface area contributed by atoms with Crippen molar-refractivity contribution in [2.75, 3.05) is 18.4 Å². The number of rotatable bonds is 3. The highest BCUT2D eigenvalue weighted by Crippen LogP contribution is 2.31. The Morgan fingerprint density at radius 1 is 1.04 bits per heavy atom. The van der Waals surface area contributed by atoms with Gasteiger partial charge in [0.2, 0.25) is 0 Å². The average Bonchev–Trinajstić information content (AvgIpc) is 2.62. The molecule has 0 unspecified atom stereocenters. The zero-order valence-electron chi connectivity index (χ0n) is 13.4. The van der Waals surface area contributed by atoms with Crippen LogP contribution in [0.15, 0.2) is 36.4 Å². The van der Waals surface area contributed by atoms with Crippen molar-refractivity contribution in [2.24, 2.45) is 0 Å². The molecule has 0 spiro atoms. The number of hydrogen-bond acceptors (Lipinski definition) is 4. The molecule has 0 atom stereocenters. The fourth-order valence-electron chi connectivity index (χ4n) is 2.69. The summed E-state index contributed by atoms with van der Waals surface area (Å²) in [6.45, 7) is 1.43. The molecule has 1 amide bonds. The summed E-state index contributed by atoms with van der Waals surface area (Å²) in [5, 5.41) is 10.6. The van der Waals surface area contributed by atoms with Crippen LogP contribution in [0, 0.1) is 0 Å². The molecule has 5 nitrogen and oxygen atoms in total. The minimum Gasteiger partial charge on any atom is -0.339 e. The summed E-state index contributed by atoms with van der Waals surface area (Å²) >= 11 is 0. The van der Waals surface area contributed by atoms with E-state index >= 15 is 0 Å². The predicted molar refractivity (Wildman–Crippen MR) is 86.5 cm³/mol. The standard InChI is InChI=1S/C17H17F3N4O/c18-17(19,20)12-5-4-6-13(11-12)21-15-8-7-14(22-23-15)16(25)24-9-2-1-3-10-24/h4-8,11H,1-3,9-10H2,(H,21,23). The molecule has 132 valence electrons. The maximum absolute atomic E-state index is 12.7. The Bertz CT molecular complexity index is 740. The minimum atomic E-state index is -4.41. The van der Waals surface area contributed by atoms with Gasteiger partial charge in [0.25, 0.3) is 5.91 Å². The Morgan fingerprint density at radius 2 is 1.80 bits per heavy atom. The van der Waals surface area contributed by atoms with Gasteiger partial charge in [0.15, 0.2) is 11.5 Å². The first-order chi connectivity index (χ1) is 11.9. The van der Waals surface area contributed by atoms with Gasteiger partial charge < -0.3 is 10.2 Å². The highest BCUT2D eigenvalue weighted by atomic mass is 19.4. The molecule has 3 rings (SSSR count). The molecule has 2 aromatic rings. The SMILES string of the molecule is O=C(c1ccc(Nc2cccc(C(F)(F)F)c2)nn1)N1CCCCC1. The first-order valence-corrected chi connectivity index (χ1v) is 8.01. The molecule has 0 aliphatic carbocycles. The van der Waals surface area contributed by atoms with Crippen molar-refractivity contribution in [3.05, 3.63) is 47.7 Å². The number of likely N-dealkylation sites (tertiary alicyclic amines) is 1. The Morgan fingerprint density at radius 3 is 2.44 bits per heavy atom. The van der Waals surface area contributed by atoms with E-state index in [-0.39, 0.29) is 23.1 Å². The summed E-state index contributed by atoms with van der Waals surface area (Å²) in [4.78, 5) is 14.0. The normalized spacial score (nSPS) is 15.1. The van der Waals surface area contributed by atoms with Crippen molar-refractivity contribution in [3.63, 3.8) is 0 Å². The van der Waals surface area contributed by atoms with E-state index in [1.54, 1.807) is 4.90 Å². The van der Waals surface area contributed by atoms with Gasteiger partial charge in [-0.3, -0.25) is 4.79 Å². The van der Waals surface area contributed by atoms with Crippen LogP contribution >= 0.6 is 0 Å². The summed E-state index contributed by atoms with van der Waals surface area (Å²) < 4.78 is 38.2. The van der Waals surface area contributed by atoms with E-state index < -0.39 is 11.7 Å². The van der Waals surface area contributed by atoms with Crippen molar-refractivity contribution < 1.29 is 18.0 Å². The lowest BCUT2D eigenvalue weighted by molar-refractivity contribution is -0.137. The topological polar surface area (TPSA) is 58.1 Å². The number of nitrogens with one attached hydrogen (secondary N) is 1. The second-order valence-corrected chi connectivity index (χ2v) is 5.86. The van der Waals surface area contributed by atoms with Crippen molar-refractivity contribution in [3.8, 4) is 0 Å². The third-order valence-electron chi connectivity index (χ3n) is 3.99. The Labute approximate surface area is 142 Å². The number of benzene rings is 1. The highest BCUT2D eigenvalue weighted by Gasteiger charge is 2.30. The maximum Gasteiger partial charge on any atom is 0.416 e. The van der Waals surface area contributed by atoms with E-state index in [1.807, 2.05) is 0 Å². The fraction of sp³-hybridized carbons (Fsp3) is 0.353. The number of anilines is 2. The van der Waals surface area contributed by atoms with Gasteiger partial charge in [-0.05, 0) is 49.6 Å². The van der Waals surface area contributed by atoms with Gasteiger partial charge in [-0.1, -0.05) is 6.07 Å². The molecule has 1 aliphatic rings. The van der Waals surface area contributed by atoms with E-state index in [0.29, 0.717) is 13.1 Å². The molecule has 0 bridgehead atoms. The number of hydrogen-bond donors (Lipinski definition) is 1. The molecule has 1 saturated heterocycles. The Balaban J connectivity index is 1.69. The molecule has 2 heterocycles. The molecule has 0 radical (unpaired) electrons. The van der Waals surface area contributed by atoms with Crippen molar-refractivity contribution in [1.29, 1.82) is 0 Å². The first kappa shape index (κ1) is 17.2. The molecule has 1 fully saturated rings. The van der Waals surface area contributed by atoms with Crippen LogP contribution in [-0.2, 0) is 6.18 Å². The third kappa shape index (κ3) is 4.26. The molecular formula is C17H17F3N4O. The van der Waals surface area contributed by atoms with E-state index in [4.69, 9.17) is 0 Å². The molecular weight excluding hydrogens is 333 g/mol. The van der Waals surface area contributed by atoms with Gasteiger partial charge in [0, 0.05) is 18.8 Å². The molecule has 1 aliphatic heterocycles. The van der Waals surface area contributed by atoms with Crippen LogP contribution in [0.3, 0.4) is 0 Å². The van der Waals surface area contributed by atoms with Gasteiger partial charge in [0.1, 0.15) is 0 Å². The first-order valence-electron chi connectivity index (χ1n) is 8.01. The molecule has 8 heteroatoms. The molecule has 1 aromatic carbocycles. The summed E-state index contributed by atoms with van der Waals surface area (Å²) in [7, 11) is 0. The number of halogens is 3. The quantitative estimate of drug-likeness (QED) is 0.913. The van der Waals surface area contributed by atoms with Gasteiger partial charge in [-0.25, -0.2) is 0 Å². The van der Waals surface area contributed by atoms with Crippen molar-refractivity contribution in [2.45, 2.75) is 25.4 Å². The van der Waals surface area contributed by atoms with Crippen molar-refractivity contribution >= 4 is 17.4 Å². The van der Waals surface area contributed by atoms with Gasteiger partial charge in [-0.2, -0.15) is 13.2 Å². The van der Waals surface area contributed by atoms with E-state index in [9.17, 15) is 18.0 Å². The van der Waals surface area contributed by atoms with Crippen LogP contribution in [-0.4, -0.2) is 34.1 Å².